The number of morpholine rings is 1. The SMILES string of the molecule is CCCn1c(=O)c(-c2ccc(C(=O)NCc3ccc(N4CCOCC4)cc3)cc2)nc2cccnc21. The first kappa shape index (κ1) is 23.7. The van der Waals surface area contributed by atoms with Gasteiger partial charge in [-0.2, -0.15) is 0 Å². The number of nitrogens with one attached hydrogen (secondary N) is 1. The average molecular weight is 484 g/mol. The lowest BCUT2D eigenvalue weighted by atomic mass is 10.1. The van der Waals surface area contributed by atoms with Crippen molar-refractivity contribution in [3.8, 4) is 11.3 Å². The van der Waals surface area contributed by atoms with Gasteiger partial charge in [-0.05, 0) is 48.4 Å². The molecule has 0 spiro atoms. The summed E-state index contributed by atoms with van der Waals surface area (Å²) in [4.78, 5) is 37.1. The number of benzene rings is 2. The van der Waals surface area contributed by atoms with E-state index in [2.05, 4.69) is 32.3 Å². The standard InChI is InChI=1S/C28H29N5O3/c1-2-14-33-26-24(4-3-13-29-26)31-25(28(33)35)21-7-9-22(10-8-21)27(34)30-19-20-5-11-23(12-6-20)32-15-17-36-18-16-32/h3-13H,2,14-19H2,1H3,(H,30,34). The Bertz CT molecular complexity index is 1410. The molecular weight excluding hydrogens is 454 g/mol. The second kappa shape index (κ2) is 10.7. The maximum Gasteiger partial charge on any atom is 0.278 e. The first-order valence-corrected chi connectivity index (χ1v) is 12.3. The van der Waals surface area contributed by atoms with Crippen molar-refractivity contribution in [3.05, 3.63) is 88.3 Å². The van der Waals surface area contributed by atoms with E-state index in [4.69, 9.17) is 4.74 Å². The predicted molar refractivity (Wildman–Crippen MR) is 140 cm³/mol. The minimum absolute atomic E-state index is 0.169. The number of aromatic nitrogens is 3. The van der Waals surface area contributed by atoms with Crippen molar-refractivity contribution in [2.24, 2.45) is 0 Å². The molecule has 1 saturated heterocycles. The van der Waals surface area contributed by atoms with Gasteiger partial charge in [-0.1, -0.05) is 31.2 Å². The molecule has 0 radical (unpaired) electrons. The summed E-state index contributed by atoms with van der Waals surface area (Å²) in [5.41, 5.74) is 4.83. The summed E-state index contributed by atoms with van der Waals surface area (Å²) in [7, 11) is 0. The number of fused-ring (bicyclic) bond motifs is 1. The van der Waals surface area contributed by atoms with Gasteiger partial charge >= 0.3 is 0 Å². The van der Waals surface area contributed by atoms with Crippen molar-refractivity contribution in [2.75, 3.05) is 31.2 Å². The quantitative estimate of drug-likeness (QED) is 0.432. The van der Waals surface area contributed by atoms with E-state index in [-0.39, 0.29) is 11.5 Å². The maximum absolute atomic E-state index is 13.1. The van der Waals surface area contributed by atoms with Crippen LogP contribution in [-0.2, 0) is 17.8 Å². The van der Waals surface area contributed by atoms with Crippen molar-refractivity contribution in [3.63, 3.8) is 0 Å². The Morgan fingerprint density at radius 2 is 1.78 bits per heavy atom. The molecule has 0 atom stereocenters. The molecule has 8 heteroatoms. The summed E-state index contributed by atoms with van der Waals surface area (Å²) in [6.45, 7) is 6.31. The normalized spacial score (nSPS) is 13.6. The van der Waals surface area contributed by atoms with E-state index < -0.39 is 0 Å². The second-order valence-electron chi connectivity index (χ2n) is 8.79. The molecule has 184 valence electrons. The van der Waals surface area contributed by atoms with Gasteiger partial charge < -0.3 is 15.0 Å². The molecule has 4 aromatic rings. The van der Waals surface area contributed by atoms with Crippen LogP contribution in [0.15, 0.2) is 71.7 Å². The van der Waals surface area contributed by atoms with Crippen LogP contribution in [0.4, 0.5) is 5.69 Å². The molecule has 0 saturated carbocycles. The molecule has 3 heterocycles. The third kappa shape index (κ3) is 4.99. The Kier molecular flexibility index (Phi) is 7.04. The first-order chi connectivity index (χ1) is 17.6. The minimum Gasteiger partial charge on any atom is -0.378 e. The number of aryl methyl sites for hydroxylation is 1. The third-order valence-electron chi connectivity index (χ3n) is 6.34. The second-order valence-corrected chi connectivity index (χ2v) is 8.79. The summed E-state index contributed by atoms with van der Waals surface area (Å²) in [6, 6.07) is 18.9. The highest BCUT2D eigenvalue weighted by molar-refractivity contribution is 5.94. The molecule has 1 N–H and O–H groups in total. The fourth-order valence-corrected chi connectivity index (χ4v) is 4.41. The van der Waals surface area contributed by atoms with E-state index >= 15 is 0 Å². The van der Waals surface area contributed by atoms with Gasteiger partial charge in [0.1, 0.15) is 11.2 Å². The average Bonchev–Trinajstić information content (AvgIpc) is 2.94. The molecule has 1 aliphatic rings. The zero-order valence-corrected chi connectivity index (χ0v) is 20.3. The molecule has 1 aliphatic heterocycles. The van der Waals surface area contributed by atoms with Crippen molar-refractivity contribution in [1.82, 2.24) is 19.9 Å². The highest BCUT2D eigenvalue weighted by atomic mass is 16.5. The Morgan fingerprint density at radius 1 is 1.03 bits per heavy atom. The maximum atomic E-state index is 13.1. The van der Waals surface area contributed by atoms with Crippen LogP contribution in [0.25, 0.3) is 22.4 Å². The van der Waals surface area contributed by atoms with Crippen molar-refractivity contribution in [1.29, 1.82) is 0 Å². The Morgan fingerprint density at radius 3 is 2.50 bits per heavy atom. The number of rotatable bonds is 7. The number of carbonyl (C=O) groups is 1. The summed E-state index contributed by atoms with van der Waals surface area (Å²) in [5.74, 6) is -0.169. The predicted octanol–water partition coefficient (Wildman–Crippen LogP) is 3.64. The van der Waals surface area contributed by atoms with Gasteiger partial charge in [-0.25, -0.2) is 9.97 Å². The molecule has 5 rings (SSSR count). The van der Waals surface area contributed by atoms with Gasteiger partial charge in [-0.15, -0.1) is 0 Å². The summed E-state index contributed by atoms with van der Waals surface area (Å²) >= 11 is 0. The smallest absolute Gasteiger partial charge is 0.278 e. The van der Waals surface area contributed by atoms with Gasteiger partial charge in [0, 0.05) is 49.2 Å². The van der Waals surface area contributed by atoms with Crippen LogP contribution in [0, 0.1) is 0 Å². The number of ether oxygens (including phenoxy) is 1. The van der Waals surface area contributed by atoms with E-state index in [1.807, 2.05) is 31.2 Å². The molecule has 2 aromatic heterocycles. The topological polar surface area (TPSA) is 89.4 Å². The van der Waals surface area contributed by atoms with Crippen LogP contribution < -0.4 is 15.8 Å². The Labute approximate surface area is 209 Å². The Balaban J connectivity index is 1.28. The van der Waals surface area contributed by atoms with Gasteiger partial charge in [0.05, 0.1) is 13.2 Å². The number of carbonyl (C=O) groups excluding carboxylic acids is 1. The zero-order valence-electron chi connectivity index (χ0n) is 20.3. The van der Waals surface area contributed by atoms with Crippen LogP contribution in [0.1, 0.15) is 29.3 Å². The van der Waals surface area contributed by atoms with Crippen LogP contribution >= 0.6 is 0 Å². The number of nitrogens with zero attached hydrogens (tertiary/aromatic N) is 4. The van der Waals surface area contributed by atoms with Crippen molar-refractivity contribution >= 4 is 22.8 Å². The molecule has 0 bridgehead atoms. The van der Waals surface area contributed by atoms with Crippen LogP contribution in [0.5, 0.6) is 0 Å². The number of amides is 1. The molecule has 0 aliphatic carbocycles. The lowest BCUT2D eigenvalue weighted by molar-refractivity contribution is 0.0951. The monoisotopic (exact) mass is 483 g/mol. The highest BCUT2D eigenvalue weighted by Gasteiger charge is 2.15. The summed E-state index contributed by atoms with van der Waals surface area (Å²) in [6.07, 6.45) is 2.48. The number of pyridine rings is 1. The molecule has 0 unspecified atom stereocenters. The summed E-state index contributed by atoms with van der Waals surface area (Å²) < 4.78 is 7.08. The lowest BCUT2D eigenvalue weighted by Gasteiger charge is -2.28. The third-order valence-corrected chi connectivity index (χ3v) is 6.34. The molecular formula is C28H29N5O3. The minimum atomic E-state index is -0.180. The molecule has 1 fully saturated rings. The zero-order chi connectivity index (χ0) is 24.9. The summed E-state index contributed by atoms with van der Waals surface area (Å²) in [5, 5.41) is 2.97. The van der Waals surface area contributed by atoms with E-state index in [1.54, 1.807) is 35.0 Å². The fourth-order valence-electron chi connectivity index (χ4n) is 4.41. The van der Waals surface area contributed by atoms with E-state index in [0.717, 1.165) is 38.3 Å². The van der Waals surface area contributed by atoms with Gasteiger partial charge in [0.25, 0.3) is 11.5 Å². The van der Waals surface area contributed by atoms with E-state index in [0.29, 0.717) is 41.1 Å². The van der Waals surface area contributed by atoms with Crippen molar-refractivity contribution in [2.45, 2.75) is 26.4 Å². The number of anilines is 1. The molecule has 1 amide bonds. The van der Waals surface area contributed by atoms with Gasteiger partial charge in [0.15, 0.2) is 5.65 Å². The fraction of sp³-hybridized carbons (Fsp3) is 0.286. The van der Waals surface area contributed by atoms with E-state index in [9.17, 15) is 9.59 Å². The van der Waals surface area contributed by atoms with Crippen LogP contribution in [0.2, 0.25) is 0 Å². The molecule has 36 heavy (non-hydrogen) atoms. The lowest BCUT2D eigenvalue weighted by Crippen LogP contribution is -2.36. The highest BCUT2D eigenvalue weighted by Crippen LogP contribution is 2.19. The molecule has 2 aromatic carbocycles. The van der Waals surface area contributed by atoms with Crippen LogP contribution in [0.3, 0.4) is 0 Å². The Hall–Kier alpha value is -4.04. The largest absolute Gasteiger partial charge is 0.378 e. The van der Waals surface area contributed by atoms with Gasteiger partial charge in [-0.3, -0.25) is 14.2 Å². The van der Waals surface area contributed by atoms with Gasteiger partial charge in [0.2, 0.25) is 0 Å². The van der Waals surface area contributed by atoms with Crippen LogP contribution in [-0.4, -0.2) is 46.7 Å². The van der Waals surface area contributed by atoms with E-state index in [1.165, 1.54) is 5.69 Å². The number of hydrogen-bond acceptors (Lipinski definition) is 6. The first-order valence-electron chi connectivity index (χ1n) is 12.3. The number of hydrogen-bond donors (Lipinski definition) is 1. The molecule has 8 nitrogen and oxygen atoms in total. The van der Waals surface area contributed by atoms with Crippen molar-refractivity contribution < 1.29 is 9.53 Å².